The van der Waals surface area contributed by atoms with Gasteiger partial charge in [-0.15, -0.1) is 11.3 Å². The molecule has 1 N–H and O–H groups in total. The van der Waals surface area contributed by atoms with E-state index in [9.17, 15) is 4.79 Å². The van der Waals surface area contributed by atoms with Crippen LogP contribution in [0.15, 0.2) is 27.0 Å². The van der Waals surface area contributed by atoms with E-state index < -0.39 is 0 Å². The molecule has 0 aliphatic rings. The van der Waals surface area contributed by atoms with Gasteiger partial charge in [0.25, 0.3) is 5.56 Å². The zero-order chi connectivity index (χ0) is 13.1. The van der Waals surface area contributed by atoms with Gasteiger partial charge in [-0.3, -0.25) is 4.79 Å². The number of rotatable bonds is 4. The Bertz CT molecular complexity index is 581. The molecule has 1 unspecified atom stereocenters. The highest BCUT2D eigenvalue weighted by Crippen LogP contribution is 2.24. The van der Waals surface area contributed by atoms with Gasteiger partial charge in [-0.05, 0) is 29.8 Å². The monoisotopic (exact) mass is 328 g/mol. The molecule has 0 saturated heterocycles. The molecule has 7 heteroatoms. The van der Waals surface area contributed by atoms with Gasteiger partial charge in [0.1, 0.15) is 9.48 Å². The van der Waals surface area contributed by atoms with Crippen molar-refractivity contribution < 1.29 is 0 Å². The molecule has 0 fully saturated rings. The van der Waals surface area contributed by atoms with Crippen molar-refractivity contribution in [3.05, 3.63) is 37.6 Å². The molecule has 0 saturated carbocycles. The Morgan fingerprint density at radius 2 is 2.39 bits per heavy atom. The van der Waals surface area contributed by atoms with Crippen LogP contribution in [0.2, 0.25) is 0 Å². The van der Waals surface area contributed by atoms with Gasteiger partial charge in [-0.1, -0.05) is 0 Å². The molecule has 18 heavy (non-hydrogen) atoms. The van der Waals surface area contributed by atoms with E-state index in [2.05, 4.69) is 31.3 Å². The highest BCUT2D eigenvalue weighted by molar-refractivity contribution is 9.10. The lowest BCUT2D eigenvalue weighted by Gasteiger charge is -2.14. The summed E-state index contributed by atoms with van der Waals surface area (Å²) < 4.78 is 1.91. The first-order chi connectivity index (χ1) is 8.63. The quantitative estimate of drug-likeness (QED) is 0.937. The van der Waals surface area contributed by atoms with Crippen molar-refractivity contribution in [2.75, 3.05) is 5.32 Å². The van der Waals surface area contributed by atoms with Crippen LogP contribution in [0.4, 0.5) is 5.69 Å². The van der Waals surface area contributed by atoms with Gasteiger partial charge >= 0.3 is 0 Å². The van der Waals surface area contributed by atoms with Crippen LogP contribution in [0, 0.1) is 0 Å². The zero-order valence-corrected chi connectivity index (χ0v) is 12.5. The van der Waals surface area contributed by atoms with Gasteiger partial charge in [0, 0.05) is 18.1 Å². The molecule has 0 aromatic carbocycles. The second kappa shape index (κ2) is 5.62. The van der Waals surface area contributed by atoms with Gasteiger partial charge in [-0.2, -0.15) is 5.10 Å². The van der Waals surface area contributed by atoms with Crippen LogP contribution < -0.4 is 10.9 Å². The Morgan fingerprint density at radius 1 is 1.61 bits per heavy atom. The molecule has 5 nitrogen and oxygen atoms in total. The molecule has 1 atom stereocenters. The van der Waals surface area contributed by atoms with E-state index in [1.165, 1.54) is 4.68 Å². The largest absolute Gasteiger partial charge is 0.374 e. The van der Waals surface area contributed by atoms with Gasteiger partial charge in [0.05, 0.1) is 17.9 Å². The normalized spacial score (nSPS) is 12.4. The fourth-order valence-electron chi connectivity index (χ4n) is 1.53. The summed E-state index contributed by atoms with van der Waals surface area (Å²) in [7, 11) is 0. The first kappa shape index (κ1) is 13.2. The molecule has 96 valence electrons. The average molecular weight is 329 g/mol. The summed E-state index contributed by atoms with van der Waals surface area (Å²) in [6, 6.07) is 0.0416. The van der Waals surface area contributed by atoms with E-state index >= 15 is 0 Å². The van der Waals surface area contributed by atoms with Gasteiger partial charge in [0.15, 0.2) is 0 Å². The van der Waals surface area contributed by atoms with Crippen LogP contribution in [0.5, 0.6) is 0 Å². The van der Waals surface area contributed by atoms with Crippen LogP contribution >= 0.6 is 27.3 Å². The highest BCUT2D eigenvalue weighted by atomic mass is 79.9. The summed E-state index contributed by atoms with van der Waals surface area (Å²) in [6.45, 7) is 4.43. The van der Waals surface area contributed by atoms with E-state index in [1.54, 1.807) is 23.7 Å². The Morgan fingerprint density at radius 3 is 3.00 bits per heavy atom. The topological polar surface area (TPSA) is 59.8 Å². The molecule has 0 radical (unpaired) electrons. The summed E-state index contributed by atoms with van der Waals surface area (Å²) in [5.41, 5.74) is 0.557. The van der Waals surface area contributed by atoms with Crippen LogP contribution in [0.1, 0.15) is 24.9 Å². The van der Waals surface area contributed by atoms with Gasteiger partial charge in [0.2, 0.25) is 0 Å². The van der Waals surface area contributed by atoms with Gasteiger partial charge in [-0.25, -0.2) is 9.67 Å². The molecule has 0 amide bonds. The minimum Gasteiger partial charge on any atom is -0.374 e. The maximum absolute atomic E-state index is 11.9. The molecular weight excluding hydrogens is 316 g/mol. The van der Waals surface area contributed by atoms with Crippen LogP contribution in [0.25, 0.3) is 0 Å². The Labute approximate surface area is 117 Å². The minimum atomic E-state index is -0.131. The number of thiazole rings is 1. The molecule has 2 heterocycles. The third kappa shape index (κ3) is 2.62. The number of nitrogens with one attached hydrogen (secondary N) is 1. The summed E-state index contributed by atoms with van der Waals surface area (Å²) in [6.07, 6.45) is 3.42. The summed E-state index contributed by atoms with van der Waals surface area (Å²) in [5.74, 6) is 0. The maximum Gasteiger partial charge on any atom is 0.283 e. The first-order valence-electron chi connectivity index (χ1n) is 5.55. The summed E-state index contributed by atoms with van der Waals surface area (Å²) >= 11 is 4.89. The molecule has 2 aromatic rings. The number of halogens is 1. The van der Waals surface area contributed by atoms with E-state index in [-0.39, 0.29) is 11.6 Å². The van der Waals surface area contributed by atoms with Crippen molar-refractivity contribution in [1.29, 1.82) is 0 Å². The van der Waals surface area contributed by atoms with Crippen molar-refractivity contribution >= 4 is 33.0 Å². The van der Waals surface area contributed by atoms with E-state index in [1.807, 2.05) is 19.2 Å². The smallest absolute Gasteiger partial charge is 0.283 e. The number of aryl methyl sites for hydroxylation is 1. The zero-order valence-electron chi connectivity index (χ0n) is 10.1. The fraction of sp³-hybridized carbons (Fsp3) is 0.364. The lowest BCUT2D eigenvalue weighted by atomic mass is 10.3. The van der Waals surface area contributed by atoms with Crippen molar-refractivity contribution in [2.45, 2.75) is 26.4 Å². The molecule has 2 aromatic heterocycles. The molecular formula is C11H13BrN4OS. The van der Waals surface area contributed by atoms with Crippen molar-refractivity contribution in [3.8, 4) is 0 Å². The predicted octanol–water partition coefficient (Wildman–Crippen LogP) is 2.66. The lowest BCUT2D eigenvalue weighted by molar-refractivity contribution is 0.612. The highest BCUT2D eigenvalue weighted by Gasteiger charge is 2.12. The summed E-state index contributed by atoms with van der Waals surface area (Å²) in [5, 5.41) is 10.2. The molecule has 0 aliphatic carbocycles. The standard InChI is InChI=1S/C11H13BrN4OS/c1-3-16-11(17)9(12)8(6-14-16)15-7(2)10-13-4-5-18-10/h4-7,15H,3H2,1-2H3. The van der Waals surface area contributed by atoms with E-state index in [0.29, 0.717) is 16.7 Å². The number of hydrogen-bond acceptors (Lipinski definition) is 5. The Kier molecular flexibility index (Phi) is 4.13. The lowest BCUT2D eigenvalue weighted by Crippen LogP contribution is -2.24. The van der Waals surface area contributed by atoms with Crippen molar-refractivity contribution in [2.24, 2.45) is 0 Å². The molecule has 2 rings (SSSR count). The van der Waals surface area contributed by atoms with E-state index in [4.69, 9.17) is 0 Å². The Hall–Kier alpha value is -1.21. The fourth-order valence-corrected chi connectivity index (χ4v) is 2.60. The van der Waals surface area contributed by atoms with Crippen LogP contribution in [0.3, 0.4) is 0 Å². The number of hydrogen-bond donors (Lipinski definition) is 1. The first-order valence-corrected chi connectivity index (χ1v) is 7.22. The second-order valence-electron chi connectivity index (χ2n) is 3.73. The Balaban J connectivity index is 2.25. The number of nitrogens with zero attached hydrogens (tertiary/aromatic N) is 3. The van der Waals surface area contributed by atoms with Crippen molar-refractivity contribution in [3.63, 3.8) is 0 Å². The second-order valence-corrected chi connectivity index (χ2v) is 5.45. The van der Waals surface area contributed by atoms with E-state index in [0.717, 1.165) is 5.01 Å². The molecule has 0 aliphatic heterocycles. The predicted molar refractivity (Wildman–Crippen MR) is 76.0 cm³/mol. The SMILES string of the molecule is CCn1ncc(NC(C)c2nccs2)c(Br)c1=O. The third-order valence-electron chi connectivity index (χ3n) is 2.48. The van der Waals surface area contributed by atoms with Gasteiger partial charge < -0.3 is 5.32 Å². The van der Waals surface area contributed by atoms with Crippen molar-refractivity contribution in [1.82, 2.24) is 14.8 Å². The average Bonchev–Trinajstić information content (AvgIpc) is 2.89. The summed E-state index contributed by atoms with van der Waals surface area (Å²) in [4.78, 5) is 16.1. The number of anilines is 1. The maximum atomic E-state index is 11.9. The van der Waals surface area contributed by atoms with Crippen LogP contribution in [-0.2, 0) is 6.54 Å². The minimum absolute atomic E-state index is 0.0416. The molecule has 0 bridgehead atoms. The third-order valence-corrected chi connectivity index (χ3v) is 4.20. The van der Waals surface area contributed by atoms with Crippen LogP contribution in [-0.4, -0.2) is 14.8 Å². The molecule has 0 spiro atoms. The number of aromatic nitrogens is 3.